The predicted molar refractivity (Wildman–Crippen MR) is 144 cm³/mol. The molecule has 0 N–H and O–H groups in total. The van der Waals surface area contributed by atoms with Crippen molar-refractivity contribution in [3.8, 4) is 0 Å². The Morgan fingerprint density at radius 3 is 1.57 bits per heavy atom. The Hall–Kier alpha value is -2.29. The molecule has 3 rings (SSSR count). The molecule has 0 aliphatic heterocycles. The summed E-state index contributed by atoms with van der Waals surface area (Å²) in [5.41, 5.74) is -2.71. The molecule has 0 saturated heterocycles. The number of hydrogen-bond acceptors (Lipinski definition) is 3. The average molecular weight is 553 g/mol. The van der Waals surface area contributed by atoms with Crippen molar-refractivity contribution in [2.75, 3.05) is 0 Å². The quantitative estimate of drug-likeness (QED) is 0.223. The molecule has 0 saturated carbocycles. The van der Waals surface area contributed by atoms with Crippen LogP contribution in [0.3, 0.4) is 0 Å². The number of aryl methyl sites for hydroxylation is 2. The van der Waals surface area contributed by atoms with Gasteiger partial charge in [0.2, 0.25) is 0 Å². The van der Waals surface area contributed by atoms with Crippen molar-refractivity contribution in [3.63, 3.8) is 0 Å². The molecule has 8 heteroatoms. The van der Waals surface area contributed by atoms with Gasteiger partial charge in [-0.25, -0.2) is 0 Å². The zero-order valence-electron chi connectivity index (χ0n) is 21.7. The van der Waals surface area contributed by atoms with E-state index in [0.717, 1.165) is 48.8 Å². The van der Waals surface area contributed by atoms with Crippen molar-refractivity contribution in [2.24, 2.45) is 5.92 Å². The minimum atomic E-state index is -5.93. The van der Waals surface area contributed by atoms with Gasteiger partial charge >= 0.3 is 15.6 Å². The Balaban J connectivity index is 2.21. The normalized spacial score (nSPS) is 13.9. The Labute approximate surface area is 220 Å². The number of halogens is 3. The fourth-order valence-electron chi connectivity index (χ4n) is 4.25. The van der Waals surface area contributed by atoms with E-state index in [1.54, 1.807) is 60.7 Å². The van der Waals surface area contributed by atoms with Crippen LogP contribution < -0.4 is 0 Å². The van der Waals surface area contributed by atoms with Crippen molar-refractivity contribution in [1.82, 2.24) is 0 Å². The Bertz CT molecular complexity index is 1210. The molecule has 0 spiro atoms. The number of alkyl halides is 3. The summed E-state index contributed by atoms with van der Waals surface area (Å²) in [6.45, 7) is 8.04. The van der Waals surface area contributed by atoms with Crippen LogP contribution in [-0.4, -0.2) is 13.9 Å². The molecular weight excluding hydrogens is 517 g/mol. The monoisotopic (exact) mass is 552 g/mol. The molecule has 1 unspecified atom stereocenters. The van der Waals surface area contributed by atoms with E-state index in [1.165, 1.54) is 0 Å². The van der Waals surface area contributed by atoms with Gasteiger partial charge in [0, 0.05) is 14.7 Å². The van der Waals surface area contributed by atoms with Crippen LogP contribution in [-0.2, 0) is 20.2 Å². The van der Waals surface area contributed by atoms with Crippen molar-refractivity contribution < 1.29 is 25.2 Å². The molecule has 3 nitrogen and oxygen atoms in total. The molecule has 0 radical (unpaired) electrons. The molecule has 202 valence electrons. The van der Waals surface area contributed by atoms with E-state index >= 15 is 0 Å². The van der Waals surface area contributed by atoms with E-state index in [4.69, 9.17) is 3.63 Å². The van der Waals surface area contributed by atoms with Gasteiger partial charge in [-0.1, -0.05) is 87.1 Å². The van der Waals surface area contributed by atoms with Crippen LogP contribution in [0.15, 0.2) is 87.5 Å². The molecule has 0 aliphatic rings. The number of rotatable bonds is 11. The van der Waals surface area contributed by atoms with Crippen molar-refractivity contribution in [2.45, 2.75) is 80.0 Å². The second-order valence-corrected chi connectivity index (χ2v) is 13.9. The first kappa shape index (κ1) is 29.3. The fourth-order valence-corrected chi connectivity index (χ4v) is 8.95. The number of hydrogen-bond donors (Lipinski definition) is 0. The maximum atomic E-state index is 13.7. The molecule has 0 amide bonds. The lowest BCUT2D eigenvalue weighted by atomic mass is 9.92. The van der Waals surface area contributed by atoms with E-state index in [0.29, 0.717) is 20.6 Å². The van der Waals surface area contributed by atoms with Gasteiger partial charge in [-0.05, 0) is 78.5 Å². The van der Waals surface area contributed by atoms with E-state index in [2.05, 4.69) is 13.8 Å². The van der Waals surface area contributed by atoms with E-state index < -0.39 is 25.9 Å². The highest BCUT2D eigenvalue weighted by atomic mass is 32.3. The summed E-state index contributed by atoms with van der Waals surface area (Å²) in [7, 11) is -9.21. The molecule has 1 atom stereocenters. The third-order valence-corrected chi connectivity index (χ3v) is 11.4. The van der Waals surface area contributed by atoms with Crippen LogP contribution in [0.25, 0.3) is 0 Å². The molecule has 0 fully saturated rings. The molecule has 0 aliphatic carbocycles. The van der Waals surface area contributed by atoms with Crippen LogP contribution in [0, 0.1) is 19.8 Å². The van der Waals surface area contributed by atoms with Crippen LogP contribution in [0.5, 0.6) is 0 Å². The summed E-state index contributed by atoms with van der Waals surface area (Å²) < 4.78 is 71.5. The van der Waals surface area contributed by atoms with Gasteiger partial charge in [-0.3, -0.25) is 0 Å². The second kappa shape index (κ2) is 12.0. The molecular formula is C29H35F3O3S2. The Kier molecular flexibility index (Phi) is 9.53. The Morgan fingerprint density at radius 2 is 1.19 bits per heavy atom. The second-order valence-electron chi connectivity index (χ2n) is 9.41. The fraction of sp³-hybridized carbons (Fsp3) is 0.379. The Morgan fingerprint density at radius 1 is 0.757 bits per heavy atom. The van der Waals surface area contributed by atoms with Crippen LogP contribution in [0.4, 0.5) is 13.2 Å². The summed E-state index contributed by atoms with van der Waals surface area (Å²) in [4.78, 5) is 1.13. The molecule has 37 heavy (non-hydrogen) atoms. The van der Waals surface area contributed by atoms with Gasteiger partial charge < -0.3 is 0 Å². The SMILES string of the molecule is CCCCC(CC)Cc1ccc(S(OS(=O)(=O)C(F)(F)F)(c2ccc(C)cc2)c2ccc(C)cc2)cc1. The highest BCUT2D eigenvalue weighted by Gasteiger charge is 2.52. The third kappa shape index (κ3) is 6.78. The maximum absolute atomic E-state index is 13.7. The number of benzene rings is 3. The highest BCUT2D eigenvalue weighted by molar-refractivity contribution is 8.33. The summed E-state index contributed by atoms with van der Waals surface area (Å²) in [5, 5.41) is 0. The molecule has 0 aromatic heterocycles. The van der Waals surface area contributed by atoms with Crippen LogP contribution in [0.2, 0.25) is 0 Å². The summed E-state index contributed by atoms with van der Waals surface area (Å²) in [6, 6.07) is 20.9. The standard InChI is InChI=1S/C29H35F3O3S2/c1-5-7-8-24(6-2)21-25-13-19-28(20-14-25)36(26-15-9-22(3)10-16-26,27-17-11-23(4)12-18-27)35-37(33,34)29(30,31)32/h9-20,24H,5-8,21H2,1-4H3. The van der Waals surface area contributed by atoms with Crippen molar-refractivity contribution >= 4 is 20.4 Å². The first-order chi connectivity index (χ1) is 17.4. The minimum absolute atomic E-state index is 0.372. The molecule has 0 heterocycles. The lowest BCUT2D eigenvalue weighted by Crippen LogP contribution is -2.27. The van der Waals surface area contributed by atoms with Gasteiger partial charge in [0.05, 0.1) is 0 Å². The molecule has 3 aromatic carbocycles. The van der Waals surface area contributed by atoms with Crippen LogP contribution in [0.1, 0.15) is 56.2 Å². The lowest BCUT2D eigenvalue weighted by molar-refractivity contribution is -0.0496. The topological polar surface area (TPSA) is 43.4 Å². The van der Waals surface area contributed by atoms with Gasteiger partial charge in [0.1, 0.15) is 0 Å². The van der Waals surface area contributed by atoms with Crippen molar-refractivity contribution in [3.05, 3.63) is 89.5 Å². The zero-order valence-corrected chi connectivity index (χ0v) is 23.3. The average Bonchev–Trinajstić information content (AvgIpc) is 2.86. The first-order valence-electron chi connectivity index (χ1n) is 12.5. The summed E-state index contributed by atoms with van der Waals surface area (Å²) in [6.07, 6.45) is 5.28. The maximum Gasteiger partial charge on any atom is 0.524 e. The molecule has 3 aromatic rings. The number of unbranched alkanes of at least 4 members (excludes halogenated alkanes) is 1. The van der Waals surface area contributed by atoms with Gasteiger partial charge in [0.15, 0.2) is 0 Å². The van der Waals surface area contributed by atoms with Crippen LogP contribution >= 0.6 is 10.3 Å². The summed E-state index contributed by atoms with van der Waals surface area (Å²) >= 11 is 0. The lowest BCUT2D eigenvalue weighted by Gasteiger charge is -2.39. The van der Waals surface area contributed by atoms with Gasteiger partial charge in [-0.15, -0.1) is 0 Å². The van der Waals surface area contributed by atoms with E-state index in [-0.39, 0.29) is 0 Å². The first-order valence-corrected chi connectivity index (χ1v) is 15.5. The predicted octanol–water partition coefficient (Wildman–Crippen LogP) is 9.13. The smallest absolute Gasteiger partial charge is 0.200 e. The largest absolute Gasteiger partial charge is 0.524 e. The zero-order chi connectivity index (χ0) is 27.3. The van der Waals surface area contributed by atoms with Gasteiger partial charge in [-0.2, -0.15) is 25.2 Å². The third-order valence-electron chi connectivity index (χ3n) is 6.50. The van der Waals surface area contributed by atoms with E-state index in [1.807, 2.05) is 26.0 Å². The highest BCUT2D eigenvalue weighted by Crippen LogP contribution is 2.70. The summed E-state index contributed by atoms with van der Waals surface area (Å²) in [5.74, 6) is 0.513. The molecule has 0 bridgehead atoms. The van der Waals surface area contributed by atoms with Crippen molar-refractivity contribution in [1.29, 1.82) is 0 Å². The van der Waals surface area contributed by atoms with E-state index in [9.17, 15) is 21.6 Å². The minimum Gasteiger partial charge on any atom is -0.200 e. The van der Waals surface area contributed by atoms with Gasteiger partial charge in [0.25, 0.3) is 0 Å².